The summed E-state index contributed by atoms with van der Waals surface area (Å²) in [6.07, 6.45) is 8.95. The second-order valence-corrected chi connectivity index (χ2v) is 4.77. The number of nitrogens with zero attached hydrogens (tertiary/aromatic N) is 2. The Morgan fingerprint density at radius 2 is 2.00 bits per heavy atom. The number of piperidine rings is 1. The van der Waals surface area contributed by atoms with Gasteiger partial charge in [0.25, 0.3) is 0 Å². The van der Waals surface area contributed by atoms with E-state index in [1.165, 1.54) is 25.6 Å². The molecular weight excluding hydrogens is 198 g/mol. The molecule has 3 nitrogen and oxygen atoms in total. The van der Waals surface area contributed by atoms with Crippen LogP contribution in [-0.4, -0.2) is 23.1 Å². The fraction of sp³-hybridized carbons (Fsp3) is 0.538. The van der Waals surface area contributed by atoms with E-state index in [9.17, 15) is 0 Å². The summed E-state index contributed by atoms with van der Waals surface area (Å²) in [6.45, 7) is 2.32. The Kier molecular flexibility index (Phi) is 2.37. The molecular formula is C13H15N3. The first kappa shape index (κ1) is 9.80. The van der Waals surface area contributed by atoms with E-state index >= 15 is 0 Å². The molecule has 2 fully saturated rings. The van der Waals surface area contributed by atoms with Crippen molar-refractivity contribution in [1.29, 1.82) is 0 Å². The molecule has 3 rings (SSSR count). The molecule has 1 aliphatic heterocycles. The van der Waals surface area contributed by atoms with Crippen molar-refractivity contribution < 1.29 is 0 Å². The van der Waals surface area contributed by atoms with Gasteiger partial charge < -0.3 is 5.32 Å². The average molecular weight is 213 g/mol. The second kappa shape index (κ2) is 3.88. The van der Waals surface area contributed by atoms with Crippen molar-refractivity contribution in [3.63, 3.8) is 0 Å². The summed E-state index contributed by atoms with van der Waals surface area (Å²) in [4.78, 5) is 7.93. The summed E-state index contributed by atoms with van der Waals surface area (Å²) < 4.78 is 0. The van der Waals surface area contributed by atoms with Crippen LogP contribution in [0.25, 0.3) is 0 Å². The number of rotatable bonds is 0. The predicted octanol–water partition coefficient (Wildman–Crippen LogP) is 1.22. The highest BCUT2D eigenvalue weighted by Gasteiger charge is 2.52. The van der Waals surface area contributed by atoms with Crippen LogP contribution in [-0.2, 0) is 0 Å². The molecule has 0 bridgehead atoms. The quantitative estimate of drug-likeness (QED) is 0.658. The van der Waals surface area contributed by atoms with Crippen LogP contribution in [0, 0.1) is 23.2 Å². The van der Waals surface area contributed by atoms with Gasteiger partial charge in [0.15, 0.2) is 0 Å². The fourth-order valence-electron chi connectivity index (χ4n) is 2.56. The van der Waals surface area contributed by atoms with Crippen molar-refractivity contribution >= 4 is 0 Å². The summed E-state index contributed by atoms with van der Waals surface area (Å²) in [7, 11) is 0. The molecule has 0 aromatic carbocycles. The Bertz CT molecular complexity index is 423. The van der Waals surface area contributed by atoms with Gasteiger partial charge in [-0.05, 0) is 37.8 Å². The van der Waals surface area contributed by atoms with Crippen molar-refractivity contribution in [2.45, 2.75) is 19.3 Å². The maximum absolute atomic E-state index is 3.96. The highest BCUT2D eigenvalue weighted by Crippen LogP contribution is 2.58. The van der Waals surface area contributed by atoms with Crippen LogP contribution in [0.4, 0.5) is 0 Å². The van der Waals surface area contributed by atoms with Crippen molar-refractivity contribution in [3.8, 4) is 11.8 Å². The van der Waals surface area contributed by atoms with Gasteiger partial charge in [-0.15, -0.1) is 0 Å². The Labute approximate surface area is 95.7 Å². The first-order valence-electron chi connectivity index (χ1n) is 5.86. The van der Waals surface area contributed by atoms with Crippen LogP contribution in [0.1, 0.15) is 24.8 Å². The van der Waals surface area contributed by atoms with Gasteiger partial charge in [-0.1, -0.05) is 11.8 Å². The molecule has 1 unspecified atom stereocenters. The smallest absolute Gasteiger partial charge is 0.115 e. The minimum Gasteiger partial charge on any atom is -0.317 e. The molecule has 1 atom stereocenters. The third kappa shape index (κ3) is 1.81. The van der Waals surface area contributed by atoms with Crippen molar-refractivity contribution in [2.75, 3.05) is 13.1 Å². The molecule has 3 heteroatoms. The first-order chi connectivity index (χ1) is 7.89. The molecule has 1 spiro atoms. The lowest BCUT2D eigenvalue weighted by molar-refractivity contribution is 0.339. The molecule has 1 aliphatic carbocycles. The maximum atomic E-state index is 3.96. The zero-order valence-corrected chi connectivity index (χ0v) is 9.24. The molecule has 2 heterocycles. The molecule has 1 saturated heterocycles. The summed E-state index contributed by atoms with van der Waals surface area (Å²) in [5.74, 6) is 7.16. The molecule has 1 saturated carbocycles. The third-order valence-corrected chi connectivity index (χ3v) is 3.74. The molecule has 0 radical (unpaired) electrons. The zero-order chi connectivity index (χ0) is 10.8. The lowest BCUT2D eigenvalue weighted by Gasteiger charge is -2.22. The molecule has 16 heavy (non-hydrogen) atoms. The largest absolute Gasteiger partial charge is 0.317 e. The predicted molar refractivity (Wildman–Crippen MR) is 61.6 cm³/mol. The highest BCUT2D eigenvalue weighted by atomic mass is 14.9. The molecule has 1 N–H and O–H groups in total. The van der Waals surface area contributed by atoms with E-state index in [1.54, 1.807) is 12.4 Å². The van der Waals surface area contributed by atoms with Crippen LogP contribution >= 0.6 is 0 Å². The maximum Gasteiger partial charge on any atom is 0.115 e. The van der Waals surface area contributed by atoms with Gasteiger partial charge in [0.1, 0.15) is 6.33 Å². The van der Waals surface area contributed by atoms with Crippen LogP contribution in [0.5, 0.6) is 0 Å². The molecule has 1 aromatic rings. The van der Waals surface area contributed by atoms with E-state index in [0.717, 1.165) is 18.7 Å². The highest BCUT2D eigenvalue weighted by molar-refractivity contribution is 5.33. The number of hydrogen-bond donors (Lipinski definition) is 1. The molecule has 82 valence electrons. The summed E-state index contributed by atoms with van der Waals surface area (Å²) in [5.41, 5.74) is 1.48. The monoisotopic (exact) mass is 213 g/mol. The fourth-order valence-corrected chi connectivity index (χ4v) is 2.56. The van der Waals surface area contributed by atoms with Gasteiger partial charge in [0, 0.05) is 18.3 Å². The van der Waals surface area contributed by atoms with Crippen molar-refractivity contribution in [2.24, 2.45) is 11.3 Å². The number of hydrogen-bond acceptors (Lipinski definition) is 3. The van der Waals surface area contributed by atoms with Crippen molar-refractivity contribution in [3.05, 3.63) is 24.3 Å². The molecule has 1 aromatic heterocycles. The van der Waals surface area contributed by atoms with E-state index in [4.69, 9.17) is 0 Å². The normalized spacial score (nSPS) is 25.9. The Morgan fingerprint density at radius 3 is 2.75 bits per heavy atom. The topological polar surface area (TPSA) is 37.8 Å². The van der Waals surface area contributed by atoms with E-state index in [0.29, 0.717) is 11.3 Å². The summed E-state index contributed by atoms with van der Waals surface area (Å²) >= 11 is 0. The summed E-state index contributed by atoms with van der Waals surface area (Å²) in [5, 5.41) is 3.41. The van der Waals surface area contributed by atoms with Gasteiger partial charge in [-0.2, -0.15) is 0 Å². The molecule has 2 aliphatic rings. The lowest BCUT2D eigenvalue weighted by Crippen LogP contribution is -2.29. The average Bonchev–Trinajstić information content (AvgIpc) is 3.01. The van der Waals surface area contributed by atoms with Gasteiger partial charge in [0.05, 0.1) is 5.56 Å². The first-order valence-corrected chi connectivity index (χ1v) is 5.86. The Hall–Kier alpha value is -1.40. The SMILES string of the molecule is C(#CC1CC12CCNCC2)c1cncnc1. The Morgan fingerprint density at radius 1 is 1.25 bits per heavy atom. The van der Waals surface area contributed by atoms with Crippen LogP contribution in [0.2, 0.25) is 0 Å². The van der Waals surface area contributed by atoms with E-state index in [2.05, 4.69) is 27.1 Å². The van der Waals surface area contributed by atoms with Crippen LogP contribution < -0.4 is 5.32 Å². The minimum atomic E-state index is 0.549. The van der Waals surface area contributed by atoms with Gasteiger partial charge in [-0.25, -0.2) is 9.97 Å². The van der Waals surface area contributed by atoms with Crippen molar-refractivity contribution in [1.82, 2.24) is 15.3 Å². The standard InChI is InChI=1S/C13H15N3/c1(11-8-15-10-16-9-11)2-12-7-13(12)3-5-14-6-4-13/h8-10,12,14H,3-7H2. The van der Waals surface area contributed by atoms with Gasteiger partial charge in [0.2, 0.25) is 0 Å². The Balaban J connectivity index is 1.67. The minimum absolute atomic E-state index is 0.549. The van der Waals surface area contributed by atoms with Gasteiger partial charge >= 0.3 is 0 Å². The number of aromatic nitrogens is 2. The molecule has 0 amide bonds. The second-order valence-electron chi connectivity index (χ2n) is 4.77. The van der Waals surface area contributed by atoms with E-state index in [1.807, 2.05) is 0 Å². The van der Waals surface area contributed by atoms with Crippen LogP contribution in [0.15, 0.2) is 18.7 Å². The van der Waals surface area contributed by atoms with E-state index < -0.39 is 0 Å². The lowest BCUT2D eigenvalue weighted by atomic mass is 9.92. The third-order valence-electron chi connectivity index (χ3n) is 3.74. The summed E-state index contributed by atoms with van der Waals surface area (Å²) in [6, 6.07) is 0. The van der Waals surface area contributed by atoms with Gasteiger partial charge in [-0.3, -0.25) is 0 Å². The number of nitrogens with one attached hydrogen (secondary N) is 1. The zero-order valence-electron chi connectivity index (χ0n) is 9.24. The van der Waals surface area contributed by atoms with Crippen LogP contribution in [0.3, 0.4) is 0 Å². The van der Waals surface area contributed by atoms with E-state index in [-0.39, 0.29) is 0 Å².